The highest BCUT2D eigenvalue weighted by Crippen LogP contribution is 2.27. The predicted molar refractivity (Wildman–Crippen MR) is 73.2 cm³/mol. The van der Waals surface area contributed by atoms with Crippen LogP contribution in [0.1, 0.15) is 26.2 Å². The number of piperazine rings is 1. The minimum Gasteiger partial charge on any atom is -0.469 e. The quantitative estimate of drug-likeness (QED) is 0.693. The Hall–Kier alpha value is -1.14. The Morgan fingerprint density at radius 2 is 1.95 bits per heavy atom. The van der Waals surface area contributed by atoms with Gasteiger partial charge in [0.15, 0.2) is 0 Å². The SMILES string of the molecule is COC(=O)CCN1CCN(C(=O)C2(C)CCCO2)CC1. The maximum absolute atomic E-state index is 12.4. The van der Waals surface area contributed by atoms with Gasteiger partial charge in [0.2, 0.25) is 0 Å². The van der Waals surface area contributed by atoms with Gasteiger partial charge in [-0.1, -0.05) is 0 Å². The zero-order chi connectivity index (χ0) is 14.6. The van der Waals surface area contributed by atoms with Gasteiger partial charge in [-0.05, 0) is 19.8 Å². The number of rotatable bonds is 4. The number of esters is 1. The first kappa shape index (κ1) is 15.3. The molecule has 0 radical (unpaired) electrons. The van der Waals surface area contributed by atoms with Crippen molar-refractivity contribution in [2.24, 2.45) is 0 Å². The van der Waals surface area contributed by atoms with Gasteiger partial charge in [0.25, 0.3) is 5.91 Å². The highest BCUT2D eigenvalue weighted by Gasteiger charge is 2.41. The number of hydrogen-bond donors (Lipinski definition) is 0. The molecule has 2 heterocycles. The first-order valence-corrected chi connectivity index (χ1v) is 7.28. The summed E-state index contributed by atoms with van der Waals surface area (Å²) in [7, 11) is 1.40. The van der Waals surface area contributed by atoms with Crippen LogP contribution in [0, 0.1) is 0 Å². The molecule has 1 amide bonds. The highest BCUT2D eigenvalue weighted by molar-refractivity contribution is 5.85. The zero-order valence-corrected chi connectivity index (χ0v) is 12.4. The van der Waals surface area contributed by atoms with Crippen LogP contribution in [0.5, 0.6) is 0 Å². The van der Waals surface area contributed by atoms with Gasteiger partial charge in [-0.2, -0.15) is 0 Å². The van der Waals surface area contributed by atoms with Crippen LogP contribution < -0.4 is 0 Å². The van der Waals surface area contributed by atoms with Crippen LogP contribution >= 0.6 is 0 Å². The van der Waals surface area contributed by atoms with E-state index in [4.69, 9.17) is 4.74 Å². The molecular formula is C14H24N2O4. The summed E-state index contributed by atoms with van der Waals surface area (Å²) in [4.78, 5) is 27.6. The number of amides is 1. The van der Waals surface area contributed by atoms with Gasteiger partial charge in [-0.3, -0.25) is 14.5 Å². The smallest absolute Gasteiger partial charge is 0.306 e. The van der Waals surface area contributed by atoms with Crippen molar-refractivity contribution in [2.45, 2.75) is 31.8 Å². The molecular weight excluding hydrogens is 260 g/mol. The summed E-state index contributed by atoms with van der Waals surface area (Å²) in [6.45, 7) is 6.30. The third-order valence-electron chi connectivity index (χ3n) is 4.19. The minimum atomic E-state index is -0.617. The van der Waals surface area contributed by atoms with Crippen LogP contribution in [0.15, 0.2) is 0 Å². The Labute approximate surface area is 120 Å². The lowest BCUT2D eigenvalue weighted by Gasteiger charge is -2.38. The lowest BCUT2D eigenvalue weighted by molar-refractivity contribution is -0.153. The molecule has 2 saturated heterocycles. The number of nitrogens with zero attached hydrogens (tertiary/aromatic N) is 2. The number of methoxy groups -OCH3 is 1. The van der Waals surface area contributed by atoms with E-state index in [0.29, 0.717) is 32.7 Å². The Balaban J connectivity index is 1.76. The number of carbonyl (C=O) groups is 2. The molecule has 0 N–H and O–H groups in total. The average Bonchev–Trinajstić information content (AvgIpc) is 2.92. The van der Waals surface area contributed by atoms with E-state index in [2.05, 4.69) is 9.64 Å². The monoisotopic (exact) mass is 284 g/mol. The van der Waals surface area contributed by atoms with Crippen LogP contribution in [0.3, 0.4) is 0 Å². The summed E-state index contributed by atoms with van der Waals surface area (Å²) in [5.74, 6) is -0.0713. The first-order chi connectivity index (χ1) is 9.55. The zero-order valence-electron chi connectivity index (χ0n) is 12.4. The molecule has 6 heteroatoms. The number of ether oxygens (including phenoxy) is 2. The molecule has 2 aliphatic heterocycles. The van der Waals surface area contributed by atoms with Gasteiger partial charge in [-0.15, -0.1) is 0 Å². The molecule has 1 atom stereocenters. The summed E-state index contributed by atoms with van der Waals surface area (Å²) >= 11 is 0. The molecule has 0 aromatic heterocycles. The van der Waals surface area contributed by atoms with Crippen LogP contribution in [0.4, 0.5) is 0 Å². The summed E-state index contributed by atoms with van der Waals surface area (Å²) in [5, 5.41) is 0. The summed E-state index contributed by atoms with van der Waals surface area (Å²) in [6.07, 6.45) is 2.18. The van der Waals surface area contributed by atoms with Gasteiger partial charge in [0.05, 0.1) is 13.5 Å². The predicted octanol–water partition coefficient (Wildman–Crippen LogP) is 0.263. The van der Waals surface area contributed by atoms with Crippen LogP contribution in [0.25, 0.3) is 0 Å². The van der Waals surface area contributed by atoms with E-state index in [0.717, 1.165) is 25.9 Å². The van der Waals surface area contributed by atoms with Crippen molar-refractivity contribution in [1.82, 2.24) is 9.80 Å². The largest absolute Gasteiger partial charge is 0.469 e. The molecule has 20 heavy (non-hydrogen) atoms. The maximum Gasteiger partial charge on any atom is 0.306 e. The van der Waals surface area contributed by atoms with Gasteiger partial charge < -0.3 is 14.4 Å². The molecule has 0 spiro atoms. The van der Waals surface area contributed by atoms with Crippen molar-refractivity contribution in [2.75, 3.05) is 46.4 Å². The Kier molecular flexibility index (Phi) is 4.99. The second-order valence-corrected chi connectivity index (χ2v) is 5.64. The molecule has 1 unspecified atom stereocenters. The topological polar surface area (TPSA) is 59.1 Å². The van der Waals surface area contributed by atoms with E-state index in [-0.39, 0.29) is 11.9 Å². The molecule has 114 valence electrons. The summed E-state index contributed by atoms with van der Waals surface area (Å²) < 4.78 is 10.2. The maximum atomic E-state index is 12.4. The standard InChI is InChI=1S/C14H24N2O4/c1-14(5-3-11-20-14)13(18)16-9-7-15(8-10-16)6-4-12(17)19-2/h3-11H2,1-2H3. The Morgan fingerprint density at radius 1 is 1.25 bits per heavy atom. The fourth-order valence-corrected chi connectivity index (χ4v) is 2.81. The lowest BCUT2D eigenvalue weighted by atomic mass is 10.0. The van der Waals surface area contributed by atoms with Gasteiger partial charge >= 0.3 is 5.97 Å². The average molecular weight is 284 g/mol. The van der Waals surface area contributed by atoms with E-state index in [1.165, 1.54) is 7.11 Å². The normalized spacial score (nSPS) is 27.6. The Bertz CT molecular complexity index is 358. The summed E-state index contributed by atoms with van der Waals surface area (Å²) in [5.41, 5.74) is -0.617. The van der Waals surface area contributed by atoms with Crippen molar-refractivity contribution >= 4 is 11.9 Å². The summed E-state index contributed by atoms with van der Waals surface area (Å²) in [6, 6.07) is 0. The molecule has 0 bridgehead atoms. The highest BCUT2D eigenvalue weighted by atomic mass is 16.5. The number of hydrogen-bond acceptors (Lipinski definition) is 5. The van der Waals surface area contributed by atoms with Crippen molar-refractivity contribution in [1.29, 1.82) is 0 Å². The fourth-order valence-electron chi connectivity index (χ4n) is 2.81. The van der Waals surface area contributed by atoms with Crippen molar-refractivity contribution in [3.63, 3.8) is 0 Å². The van der Waals surface area contributed by atoms with Crippen LogP contribution in [-0.4, -0.2) is 73.7 Å². The van der Waals surface area contributed by atoms with Crippen molar-refractivity contribution in [3.05, 3.63) is 0 Å². The fraction of sp³-hybridized carbons (Fsp3) is 0.857. The van der Waals surface area contributed by atoms with E-state index in [1.54, 1.807) is 0 Å². The molecule has 0 saturated carbocycles. The lowest BCUT2D eigenvalue weighted by Crippen LogP contribution is -2.54. The molecule has 2 rings (SSSR count). The molecule has 0 aliphatic carbocycles. The first-order valence-electron chi connectivity index (χ1n) is 7.28. The molecule has 0 aromatic rings. The third-order valence-corrected chi connectivity index (χ3v) is 4.19. The van der Waals surface area contributed by atoms with Crippen molar-refractivity contribution < 1.29 is 19.1 Å². The Morgan fingerprint density at radius 3 is 2.50 bits per heavy atom. The third kappa shape index (κ3) is 3.49. The second-order valence-electron chi connectivity index (χ2n) is 5.64. The second kappa shape index (κ2) is 6.54. The van der Waals surface area contributed by atoms with E-state index in [9.17, 15) is 9.59 Å². The van der Waals surface area contributed by atoms with Gasteiger partial charge in [-0.25, -0.2) is 0 Å². The molecule has 6 nitrogen and oxygen atoms in total. The molecule has 2 aliphatic rings. The minimum absolute atomic E-state index is 0.114. The van der Waals surface area contributed by atoms with E-state index >= 15 is 0 Å². The van der Waals surface area contributed by atoms with E-state index in [1.807, 2.05) is 11.8 Å². The van der Waals surface area contributed by atoms with E-state index < -0.39 is 5.60 Å². The molecule has 2 fully saturated rings. The van der Waals surface area contributed by atoms with Crippen molar-refractivity contribution in [3.8, 4) is 0 Å². The van der Waals surface area contributed by atoms with Gasteiger partial charge in [0.1, 0.15) is 5.60 Å². The van der Waals surface area contributed by atoms with Gasteiger partial charge in [0, 0.05) is 39.3 Å². The van der Waals surface area contributed by atoms with Crippen LogP contribution in [0.2, 0.25) is 0 Å². The molecule has 0 aromatic carbocycles. The number of carbonyl (C=O) groups excluding carboxylic acids is 2. The van der Waals surface area contributed by atoms with Crippen LogP contribution in [-0.2, 0) is 19.1 Å².